The molecule has 2 N–H and O–H groups in total. The SMILES string of the molecule is CCCOc1cccc([C@H]2Nc3ccccc3NC3=C2C(=O)CC(C)(C)C3)c1. The second kappa shape index (κ2) is 7.34. The lowest BCUT2D eigenvalue weighted by Crippen LogP contribution is -2.31. The number of anilines is 2. The number of benzene rings is 2. The molecule has 0 saturated carbocycles. The van der Waals surface area contributed by atoms with Crippen LogP contribution >= 0.6 is 0 Å². The molecule has 1 heterocycles. The van der Waals surface area contributed by atoms with E-state index in [-0.39, 0.29) is 17.2 Å². The summed E-state index contributed by atoms with van der Waals surface area (Å²) in [6.45, 7) is 7.11. The molecular weight excluding hydrogens is 348 g/mol. The van der Waals surface area contributed by atoms with E-state index in [4.69, 9.17) is 4.74 Å². The molecule has 2 aromatic carbocycles. The lowest BCUT2D eigenvalue weighted by atomic mass is 9.73. The van der Waals surface area contributed by atoms with Crippen LogP contribution in [0.3, 0.4) is 0 Å². The normalized spacial score (nSPS) is 20.4. The van der Waals surface area contributed by atoms with Crippen molar-refractivity contribution in [2.24, 2.45) is 5.41 Å². The van der Waals surface area contributed by atoms with Crippen molar-refractivity contribution < 1.29 is 9.53 Å². The smallest absolute Gasteiger partial charge is 0.163 e. The van der Waals surface area contributed by atoms with Crippen LogP contribution in [0.4, 0.5) is 11.4 Å². The van der Waals surface area contributed by atoms with Crippen LogP contribution in [0, 0.1) is 5.41 Å². The Labute approximate surface area is 167 Å². The van der Waals surface area contributed by atoms with Gasteiger partial charge in [0.05, 0.1) is 24.0 Å². The summed E-state index contributed by atoms with van der Waals surface area (Å²) in [6.07, 6.45) is 2.38. The van der Waals surface area contributed by atoms with Gasteiger partial charge in [-0.1, -0.05) is 45.0 Å². The fourth-order valence-electron chi connectivity index (χ4n) is 4.14. The Balaban J connectivity index is 1.81. The summed E-state index contributed by atoms with van der Waals surface area (Å²) in [5.74, 6) is 1.06. The van der Waals surface area contributed by atoms with E-state index >= 15 is 0 Å². The van der Waals surface area contributed by atoms with Crippen molar-refractivity contribution in [3.05, 3.63) is 65.4 Å². The van der Waals surface area contributed by atoms with Gasteiger partial charge in [0.25, 0.3) is 0 Å². The number of rotatable bonds is 4. The van der Waals surface area contributed by atoms with E-state index in [1.807, 2.05) is 24.3 Å². The van der Waals surface area contributed by atoms with Crippen LogP contribution in [0.1, 0.15) is 51.6 Å². The lowest BCUT2D eigenvalue weighted by Gasteiger charge is -2.34. The van der Waals surface area contributed by atoms with Gasteiger partial charge in [-0.2, -0.15) is 0 Å². The van der Waals surface area contributed by atoms with Gasteiger partial charge in [0.15, 0.2) is 5.78 Å². The number of fused-ring (bicyclic) bond motifs is 1. The number of Topliss-reactive ketones (excluding diaryl/α,β-unsaturated/α-hetero) is 1. The molecule has 0 fully saturated rings. The molecule has 1 aliphatic carbocycles. The van der Waals surface area contributed by atoms with Gasteiger partial charge >= 0.3 is 0 Å². The van der Waals surface area contributed by atoms with Gasteiger partial charge in [0, 0.05) is 17.7 Å². The van der Waals surface area contributed by atoms with Gasteiger partial charge in [0.2, 0.25) is 0 Å². The van der Waals surface area contributed by atoms with Crippen LogP contribution in [0.5, 0.6) is 5.75 Å². The topological polar surface area (TPSA) is 50.4 Å². The first kappa shape index (κ1) is 18.6. The van der Waals surface area contributed by atoms with E-state index in [0.717, 1.165) is 46.8 Å². The Kier molecular flexibility index (Phi) is 4.88. The van der Waals surface area contributed by atoms with Crippen molar-refractivity contribution >= 4 is 17.2 Å². The van der Waals surface area contributed by atoms with Gasteiger partial charge in [-0.25, -0.2) is 0 Å². The van der Waals surface area contributed by atoms with Crippen LogP contribution in [-0.4, -0.2) is 12.4 Å². The van der Waals surface area contributed by atoms with E-state index in [1.54, 1.807) is 0 Å². The van der Waals surface area contributed by atoms with Gasteiger partial charge in [-0.05, 0) is 48.1 Å². The molecule has 28 heavy (non-hydrogen) atoms. The maximum absolute atomic E-state index is 13.2. The lowest BCUT2D eigenvalue weighted by molar-refractivity contribution is -0.118. The summed E-state index contributed by atoms with van der Waals surface area (Å²) in [5.41, 5.74) is 4.91. The van der Waals surface area contributed by atoms with Gasteiger partial charge in [-0.15, -0.1) is 0 Å². The summed E-state index contributed by atoms with van der Waals surface area (Å²) < 4.78 is 5.84. The average molecular weight is 377 g/mol. The van der Waals surface area contributed by atoms with Crippen molar-refractivity contribution in [3.63, 3.8) is 0 Å². The van der Waals surface area contributed by atoms with Crippen molar-refractivity contribution in [1.29, 1.82) is 0 Å². The van der Waals surface area contributed by atoms with Crippen molar-refractivity contribution in [2.75, 3.05) is 17.2 Å². The number of ketones is 1. The molecule has 1 aliphatic heterocycles. The molecule has 0 saturated heterocycles. The summed E-state index contributed by atoms with van der Waals surface area (Å²) >= 11 is 0. The number of allylic oxidation sites excluding steroid dienone is 1. The Morgan fingerprint density at radius 2 is 1.86 bits per heavy atom. The fraction of sp³-hybridized carbons (Fsp3) is 0.375. The first-order valence-corrected chi connectivity index (χ1v) is 10.1. The highest BCUT2D eigenvalue weighted by Crippen LogP contribution is 2.45. The van der Waals surface area contributed by atoms with E-state index in [0.29, 0.717) is 13.0 Å². The van der Waals surface area contributed by atoms with Crippen LogP contribution in [-0.2, 0) is 4.79 Å². The summed E-state index contributed by atoms with van der Waals surface area (Å²) in [6, 6.07) is 16.1. The summed E-state index contributed by atoms with van der Waals surface area (Å²) in [7, 11) is 0. The number of nitrogens with one attached hydrogen (secondary N) is 2. The summed E-state index contributed by atoms with van der Waals surface area (Å²) in [4.78, 5) is 13.2. The zero-order chi connectivity index (χ0) is 19.7. The molecule has 0 radical (unpaired) electrons. The van der Waals surface area contributed by atoms with Crippen LogP contribution < -0.4 is 15.4 Å². The minimum absolute atomic E-state index is 0.0428. The number of para-hydroxylation sites is 2. The highest BCUT2D eigenvalue weighted by molar-refractivity contribution is 6.01. The monoisotopic (exact) mass is 376 g/mol. The van der Waals surface area contributed by atoms with Crippen molar-refractivity contribution in [3.8, 4) is 5.75 Å². The Bertz CT molecular complexity index is 930. The number of carbonyl (C=O) groups excluding carboxylic acids is 1. The molecule has 0 aromatic heterocycles. The highest BCUT2D eigenvalue weighted by Gasteiger charge is 2.38. The Morgan fingerprint density at radius 3 is 2.64 bits per heavy atom. The minimum Gasteiger partial charge on any atom is -0.494 e. The van der Waals surface area contributed by atoms with E-state index in [1.165, 1.54) is 0 Å². The number of hydrogen-bond donors (Lipinski definition) is 2. The minimum atomic E-state index is -0.195. The maximum Gasteiger partial charge on any atom is 0.163 e. The standard InChI is InChI=1S/C24H28N2O2/c1-4-12-28-17-9-7-8-16(13-17)23-22-20(14-24(2,3)15-21(22)27)25-18-10-5-6-11-19(18)26-23/h5-11,13,23,25-26H,4,12,14-15H2,1-3H3/t23-/m1/s1. The van der Waals surface area contributed by atoms with E-state index in [9.17, 15) is 4.79 Å². The molecule has 0 spiro atoms. The largest absolute Gasteiger partial charge is 0.494 e. The van der Waals surface area contributed by atoms with Crippen molar-refractivity contribution in [1.82, 2.24) is 0 Å². The third-order valence-electron chi connectivity index (χ3n) is 5.39. The Hall–Kier alpha value is -2.75. The van der Waals surface area contributed by atoms with E-state index in [2.05, 4.69) is 55.7 Å². The quantitative estimate of drug-likeness (QED) is 0.719. The molecule has 0 unspecified atom stereocenters. The Morgan fingerprint density at radius 1 is 1.07 bits per heavy atom. The van der Waals surface area contributed by atoms with Crippen LogP contribution in [0.25, 0.3) is 0 Å². The van der Waals surface area contributed by atoms with E-state index < -0.39 is 0 Å². The third-order valence-corrected chi connectivity index (χ3v) is 5.39. The average Bonchev–Trinajstić information content (AvgIpc) is 2.82. The molecule has 4 rings (SSSR count). The van der Waals surface area contributed by atoms with Gasteiger partial charge in [-0.3, -0.25) is 4.79 Å². The molecule has 0 amide bonds. The first-order chi connectivity index (χ1) is 13.5. The summed E-state index contributed by atoms with van der Waals surface area (Å²) in [5, 5.41) is 7.18. The van der Waals surface area contributed by atoms with Gasteiger partial charge < -0.3 is 15.4 Å². The number of ether oxygens (including phenoxy) is 1. The second-order valence-corrected chi connectivity index (χ2v) is 8.50. The number of hydrogen-bond acceptors (Lipinski definition) is 4. The third kappa shape index (κ3) is 3.64. The van der Waals surface area contributed by atoms with Crippen LogP contribution in [0.2, 0.25) is 0 Å². The zero-order valence-electron chi connectivity index (χ0n) is 16.8. The van der Waals surface area contributed by atoms with Crippen LogP contribution in [0.15, 0.2) is 59.8 Å². The molecule has 1 atom stereocenters. The molecular formula is C24H28N2O2. The van der Waals surface area contributed by atoms with Gasteiger partial charge in [0.1, 0.15) is 5.75 Å². The molecule has 4 heteroatoms. The molecule has 2 aliphatic rings. The molecule has 2 aromatic rings. The molecule has 146 valence electrons. The zero-order valence-corrected chi connectivity index (χ0v) is 16.8. The maximum atomic E-state index is 13.2. The predicted molar refractivity (Wildman–Crippen MR) is 114 cm³/mol. The van der Waals surface area contributed by atoms with Crippen molar-refractivity contribution in [2.45, 2.75) is 46.1 Å². The highest BCUT2D eigenvalue weighted by atomic mass is 16.5. The number of carbonyl (C=O) groups is 1. The second-order valence-electron chi connectivity index (χ2n) is 8.50. The first-order valence-electron chi connectivity index (χ1n) is 10.1. The fourth-order valence-corrected chi connectivity index (χ4v) is 4.14. The molecule has 0 bridgehead atoms. The predicted octanol–water partition coefficient (Wildman–Crippen LogP) is 5.70. The molecule has 4 nitrogen and oxygen atoms in total.